The van der Waals surface area contributed by atoms with Gasteiger partial charge in [-0.15, -0.1) is 0 Å². The smallest absolute Gasteiger partial charge is 0.201 e. The monoisotopic (exact) mass is 291 g/mol. The first kappa shape index (κ1) is 13.7. The predicted octanol–water partition coefficient (Wildman–Crippen LogP) is 4.49. The number of benzene rings is 1. The molecule has 0 atom stereocenters. The number of anilines is 1. The molecular formula is C16H22ClN3. The Kier molecular flexibility index (Phi) is 3.88. The summed E-state index contributed by atoms with van der Waals surface area (Å²) in [4.78, 5) is 4.43. The van der Waals surface area contributed by atoms with Gasteiger partial charge in [-0.05, 0) is 42.9 Å². The standard InChI is InChI=1S/C16H22ClN3/c1-2-11-3-5-12(6-4-11)10-20-15-8-7-13(17)9-14(15)19-16(20)18/h7-9,11-12H,2-6,10H2,1H3,(H2,18,19). The van der Waals surface area contributed by atoms with E-state index in [9.17, 15) is 0 Å². The molecule has 1 aromatic heterocycles. The van der Waals surface area contributed by atoms with E-state index in [4.69, 9.17) is 17.3 Å². The molecule has 1 aliphatic rings. The average molecular weight is 292 g/mol. The van der Waals surface area contributed by atoms with Gasteiger partial charge in [-0.2, -0.15) is 0 Å². The second-order valence-corrected chi connectivity index (χ2v) is 6.45. The number of aromatic nitrogens is 2. The van der Waals surface area contributed by atoms with E-state index < -0.39 is 0 Å². The Balaban J connectivity index is 1.79. The van der Waals surface area contributed by atoms with Crippen LogP contribution in [0.1, 0.15) is 39.0 Å². The van der Waals surface area contributed by atoms with Crippen molar-refractivity contribution in [3.8, 4) is 0 Å². The normalized spacial score (nSPS) is 23.3. The molecule has 1 saturated carbocycles. The van der Waals surface area contributed by atoms with E-state index in [0.29, 0.717) is 11.0 Å². The van der Waals surface area contributed by atoms with E-state index in [1.54, 1.807) is 0 Å². The highest BCUT2D eigenvalue weighted by Gasteiger charge is 2.21. The third kappa shape index (κ3) is 2.64. The molecule has 108 valence electrons. The van der Waals surface area contributed by atoms with Crippen LogP contribution >= 0.6 is 11.6 Å². The number of rotatable bonds is 3. The molecule has 0 saturated heterocycles. The summed E-state index contributed by atoms with van der Waals surface area (Å²) in [5.41, 5.74) is 8.08. The van der Waals surface area contributed by atoms with Gasteiger partial charge in [-0.3, -0.25) is 0 Å². The first-order chi connectivity index (χ1) is 9.67. The highest BCUT2D eigenvalue weighted by molar-refractivity contribution is 6.31. The number of nitrogens with two attached hydrogens (primary N) is 1. The zero-order chi connectivity index (χ0) is 14.1. The molecule has 1 aromatic carbocycles. The van der Waals surface area contributed by atoms with Crippen LogP contribution in [0.4, 0.5) is 5.95 Å². The van der Waals surface area contributed by atoms with E-state index >= 15 is 0 Å². The first-order valence-electron chi connectivity index (χ1n) is 7.58. The number of hydrogen-bond acceptors (Lipinski definition) is 2. The lowest BCUT2D eigenvalue weighted by atomic mass is 9.81. The van der Waals surface area contributed by atoms with Crippen LogP contribution in [-0.4, -0.2) is 9.55 Å². The largest absolute Gasteiger partial charge is 0.369 e. The second kappa shape index (κ2) is 5.65. The topological polar surface area (TPSA) is 43.8 Å². The van der Waals surface area contributed by atoms with Gasteiger partial charge in [-0.1, -0.05) is 37.8 Å². The van der Waals surface area contributed by atoms with E-state index in [-0.39, 0.29) is 0 Å². The zero-order valence-electron chi connectivity index (χ0n) is 12.0. The molecule has 0 spiro atoms. The number of halogens is 1. The molecule has 3 nitrogen and oxygen atoms in total. The summed E-state index contributed by atoms with van der Waals surface area (Å²) in [5, 5.41) is 0.714. The lowest BCUT2D eigenvalue weighted by molar-refractivity contribution is 0.250. The number of fused-ring (bicyclic) bond motifs is 1. The van der Waals surface area contributed by atoms with Crippen LogP contribution in [-0.2, 0) is 6.54 Å². The number of imidazole rings is 1. The van der Waals surface area contributed by atoms with Crippen molar-refractivity contribution >= 4 is 28.6 Å². The molecule has 2 N–H and O–H groups in total. The van der Waals surface area contributed by atoms with Gasteiger partial charge < -0.3 is 10.3 Å². The molecule has 1 fully saturated rings. The quantitative estimate of drug-likeness (QED) is 0.905. The lowest BCUT2D eigenvalue weighted by Gasteiger charge is -2.28. The number of hydrogen-bond donors (Lipinski definition) is 1. The van der Waals surface area contributed by atoms with Crippen LogP contribution in [0.2, 0.25) is 5.02 Å². The number of nitrogens with zero attached hydrogens (tertiary/aromatic N) is 2. The highest BCUT2D eigenvalue weighted by atomic mass is 35.5. The van der Waals surface area contributed by atoms with Crippen molar-refractivity contribution in [1.82, 2.24) is 9.55 Å². The summed E-state index contributed by atoms with van der Waals surface area (Å²) in [6.07, 6.45) is 6.66. The van der Waals surface area contributed by atoms with Gasteiger partial charge in [0.05, 0.1) is 11.0 Å². The SMILES string of the molecule is CCC1CCC(Cn2c(N)nc3cc(Cl)ccc32)CC1. The van der Waals surface area contributed by atoms with Crippen LogP contribution in [0.15, 0.2) is 18.2 Å². The molecule has 3 rings (SSSR count). The Labute approximate surface area is 125 Å². The maximum Gasteiger partial charge on any atom is 0.201 e. The van der Waals surface area contributed by atoms with Gasteiger partial charge in [0.1, 0.15) is 0 Å². The van der Waals surface area contributed by atoms with Gasteiger partial charge in [0.15, 0.2) is 0 Å². The Hall–Kier alpha value is -1.22. The van der Waals surface area contributed by atoms with Crippen LogP contribution < -0.4 is 5.73 Å². The van der Waals surface area contributed by atoms with E-state index in [1.165, 1.54) is 32.1 Å². The van der Waals surface area contributed by atoms with Crippen LogP contribution in [0.25, 0.3) is 11.0 Å². The molecule has 0 bridgehead atoms. The summed E-state index contributed by atoms with van der Waals surface area (Å²) in [5.74, 6) is 2.27. The molecule has 0 amide bonds. The minimum absolute atomic E-state index is 0.611. The van der Waals surface area contributed by atoms with Crippen LogP contribution in [0.5, 0.6) is 0 Å². The molecule has 20 heavy (non-hydrogen) atoms. The molecule has 2 aromatic rings. The number of nitrogen functional groups attached to an aromatic ring is 1. The Bertz CT molecular complexity index is 597. The molecular weight excluding hydrogens is 270 g/mol. The van der Waals surface area contributed by atoms with Gasteiger partial charge in [0.25, 0.3) is 0 Å². The van der Waals surface area contributed by atoms with Crippen molar-refractivity contribution in [2.24, 2.45) is 11.8 Å². The van der Waals surface area contributed by atoms with Gasteiger partial charge in [-0.25, -0.2) is 4.98 Å². The van der Waals surface area contributed by atoms with Crippen molar-refractivity contribution in [3.05, 3.63) is 23.2 Å². The van der Waals surface area contributed by atoms with Crippen molar-refractivity contribution in [3.63, 3.8) is 0 Å². The maximum absolute atomic E-state index is 6.08. The van der Waals surface area contributed by atoms with Gasteiger partial charge in [0, 0.05) is 11.6 Å². The molecule has 0 unspecified atom stereocenters. The first-order valence-corrected chi connectivity index (χ1v) is 7.96. The summed E-state index contributed by atoms with van der Waals surface area (Å²) < 4.78 is 2.16. The van der Waals surface area contributed by atoms with Crippen molar-refractivity contribution < 1.29 is 0 Å². The lowest BCUT2D eigenvalue weighted by Crippen LogP contribution is -2.19. The van der Waals surface area contributed by atoms with Gasteiger partial charge >= 0.3 is 0 Å². The Morgan fingerprint density at radius 1 is 1.25 bits per heavy atom. The minimum Gasteiger partial charge on any atom is -0.369 e. The fourth-order valence-corrected chi connectivity index (χ4v) is 3.56. The molecule has 1 heterocycles. The summed E-state index contributed by atoms with van der Waals surface area (Å²) in [6.45, 7) is 3.29. The zero-order valence-corrected chi connectivity index (χ0v) is 12.7. The molecule has 0 aliphatic heterocycles. The van der Waals surface area contributed by atoms with Crippen molar-refractivity contribution in [2.75, 3.05) is 5.73 Å². The van der Waals surface area contributed by atoms with Crippen LogP contribution in [0.3, 0.4) is 0 Å². The molecule has 4 heteroatoms. The third-order valence-electron chi connectivity index (χ3n) is 4.72. The highest BCUT2D eigenvalue weighted by Crippen LogP contribution is 2.33. The summed E-state index contributed by atoms with van der Waals surface area (Å²) >= 11 is 6.01. The summed E-state index contributed by atoms with van der Waals surface area (Å²) in [7, 11) is 0. The molecule has 1 aliphatic carbocycles. The minimum atomic E-state index is 0.611. The summed E-state index contributed by atoms with van der Waals surface area (Å²) in [6, 6.07) is 5.83. The van der Waals surface area contributed by atoms with Gasteiger partial charge in [0.2, 0.25) is 5.95 Å². The van der Waals surface area contributed by atoms with Crippen molar-refractivity contribution in [2.45, 2.75) is 45.6 Å². The second-order valence-electron chi connectivity index (χ2n) is 6.01. The van der Waals surface area contributed by atoms with Crippen LogP contribution in [0, 0.1) is 11.8 Å². The molecule has 0 radical (unpaired) electrons. The average Bonchev–Trinajstić information content (AvgIpc) is 2.75. The fourth-order valence-electron chi connectivity index (χ4n) is 3.39. The fraction of sp³-hybridized carbons (Fsp3) is 0.562. The van der Waals surface area contributed by atoms with E-state index in [2.05, 4.69) is 16.5 Å². The maximum atomic E-state index is 6.08. The third-order valence-corrected chi connectivity index (χ3v) is 4.96. The van der Waals surface area contributed by atoms with E-state index in [0.717, 1.165) is 29.4 Å². The Morgan fingerprint density at radius 3 is 2.65 bits per heavy atom. The predicted molar refractivity (Wildman–Crippen MR) is 84.9 cm³/mol. The van der Waals surface area contributed by atoms with Crippen molar-refractivity contribution in [1.29, 1.82) is 0 Å². The Morgan fingerprint density at radius 2 is 1.95 bits per heavy atom. The van der Waals surface area contributed by atoms with E-state index in [1.807, 2.05) is 18.2 Å².